The molecule has 0 radical (unpaired) electrons. The molecule has 1 aromatic carbocycles. The minimum Gasteiger partial charge on any atom is -0.479 e. The molecule has 0 atom stereocenters. The third kappa shape index (κ3) is 4.64. The number of piperidine rings is 1. The number of hydrogen-bond acceptors (Lipinski definition) is 6. The lowest BCUT2D eigenvalue weighted by atomic mass is 9.66. The molecular formula is C27H34FN5O2. The summed E-state index contributed by atoms with van der Waals surface area (Å²) in [7, 11) is 1.97. The minimum absolute atomic E-state index is 0.0717. The zero-order valence-corrected chi connectivity index (χ0v) is 20.9. The molecule has 4 rings (SSSR count). The molecule has 1 aromatic heterocycles. The van der Waals surface area contributed by atoms with Crippen LogP contribution in [-0.2, 0) is 18.3 Å². The van der Waals surface area contributed by atoms with E-state index in [1.54, 1.807) is 0 Å². The van der Waals surface area contributed by atoms with Gasteiger partial charge in [-0.05, 0) is 50.7 Å². The Morgan fingerprint density at radius 3 is 2.74 bits per heavy atom. The molecule has 1 N–H and O–H groups in total. The number of benzene rings is 1. The van der Waals surface area contributed by atoms with Crippen LogP contribution in [0.1, 0.15) is 56.2 Å². The zero-order valence-electron chi connectivity index (χ0n) is 20.9. The molecule has 1 fully saturated rings. The molecule has 3 heterocycles. The van der Waals surface area contributed by atoms with Crippen LogP contribution in [-0.4, -0.2) is 43.3 Å². The van der Waals surface area contributed by atoms with Gasteiger partial charge in [0.15, 0.2) is 6.61 Å². The van der Waals surface area contributed by atoms with Crippen LogP contribution in [0.2, 0.25) is 0 Å². The monoisotopic (exact) mass is 479 g/mol. The fourth-order valence-electron chi connectivity index (χ4n) is 5.59. The summed E-state index contributed by atoms with van der Waals surface area (Å²) in [6.07, 6.45) is 4.58. The summed E-state index contributed by atoms with van der Waals surface area (Å²) in [5.41, 5.74) is 2.66. The van der Waals surface area contributed by atoms with Crippen molar-refractivity contribution < 1.29 is 9.13 Å². The highest BCUT2D eigenvalue weighted by atomic mass is 19.1. The van der Waals surface area contributed by atoms with Gasteiger partial charge in [0, 0.05) is 43.7 Å². The van der Waals surface area contributed by atoms with Crippen molar-refractivity contribution in [3.8, 4) is 11.8 Å². The predicted molar refractivity (Wildman–Crippen MR) is 136 cm³/mol. The van der Waals surface area contributed by atoms with Crippen LogP contribution in [0.15, 0.2) is 29.1 Å². The summed E-state index contributed by atoms with van der Waals surface area (Å²) < 4.78 is 21.1. The standard InChI is InChI=1S/C27H34FN5O2/c1-5-7-19-16-20(35-15-11-29)17-22(28)23(19)27(18(2)3)9-13-33(14-10-27)26-30-24-21(25(34)31-26)8-6-12-32(24)4/h16-17H,2,5-10,12-15H2,1,3-4H3,(H,30,31,34). The molecule has 2 aliphatic rings. The highest BCUT2D eigenvalue weighted by Gasteiger charge is 2.41. The number of nitrogens with zero attached hydrogens (tertiary/aromatic N) is 4. The van der Waals surface area contributed by atoms with E-state index in [9.17, 15) is 4.79 Å². The average molecular weight is 480 g/mol. The van der Waals surface area contributed by atoms with Crippen molar-refractivity contribution in [1.29, 1.82) is 5.26 Å². The molecule has 0 spiro atoms. The van der Waals surface area contributed by atoms with Crippen LogP contribution in [0.4, 0.5) is 16.2 Å². The number of H-pyrrole nitrogens is 1. The Bertz CT molecular complexity index is 1210. The largest absolute Gasteiger partial charge is 0.479 e. The maximum atomic E-state index is 15.7. The topological polar surface area (TPSA) is 85.2 Å². The van der Waals surface area contributed by atoms with E-state index in [0.29, 0.717) is 49.6 Å². The Labute approximate surface area is 206 Å². The fraction of sp³-hybridized carbons (Fsp3) is 0.519. The van der Waals surface area contributed by atoms with Gasteiger partial charge in [0.2, 0.25) is 5.95 Å². The third-order valence-electron chi connectivity index (χ3n) is 7.44. The summed E-state index contributed by atoms with van der Waals surface area (Å²) in [6.45, 7) is 10.3. The Balaban J connectivity index is 1.66. The first-order valence-electron chi connectivity index (χ1n) is 12.4. The number of rotatable bonds is 7. The maximum absolute atomic E-state index is 15.7. The number of nitriles is 1. The number of allylic oxidation sites excluding steroid dienone is 1. The maximum Gasteiger partial charge on any atom is 0.257 e. The summed E-state index contributed by atoms with van der Waals surface area (Å²) >= 11 is 0. The lowest BCUT2D eigenvalue weighted by molar-refractivity contribution is 0.352. The van der Waals surface area contributed by atoms with Crippen molar-refractivity contribution in [2.75, 3.05) is 43.1 Å². The number of ether oxygens (including phenoxy) is 1. The van der Waals surface area contributed by atoms with Gasteiger partial charge >= 0.3 is 0 Å². The van der Waals surface area contributed by atoms with E-state index in [1.165, 1.54) is 6.07 Å². The lowest BCUT2D eigenvalue weighted by Gasteiger charge is -2.44. The molecule has 7 nitrogen and oxygen atoms in total. The summed E-state index contributed by atoms with van der Waals surface area (Å²) in [4.78, 5) is 24.7. The summed E-state index contributed by atoms with van der Waals surface area (Å²) in [6, 6.07) is 5.20. The van der Waals surface area contributed by atoms with Crippen LogP contribution >= 0.6 is 0 Å². The minimum atomic E-state index is -0.524. The molecule has 0 amide bonds. The SMILES string of the molecule is C=C(C)C1(c2c(F)cc(OCC#N)cc2CCC)CCN(c2nc3c(c(=O)[nH]2)CCCN3C)CC1. The van der Waals surface area contributed by atoms with E-state index < -0.39 is 5.41 Å². The van der Waals surface area contributed by atoms with Gasteiger partial charge in [0.25, 0.3) is 5.56 Å². The number of aromatic nitrogens is 2. The van der Waals surface area contributed by atoms with Crippen LogP contribution < -0.4 is 20.1 Å². The molecular weight excluding hydrogens is 445 g/mol. The van der Waals surface area contributed by atoms with Gasteiger partial charge in [-0.2, -0.15) is 10.2 Å². The number of hydrogen-bond donors (Lipinski definition) is 1. The van der Waals surface area contributed by atoms with Crippen molar-refractivity contribution in [1.82, 2.24) is 9.97 Å². The van der Waals surface area contributed by atoms with E-state index >= 15 is 4.39 Å². The Hall–Kier alpha value is -3.34. The van der Waals surface area contributed by atoms with Crippen molar-refractivity contribution in [2.45, 2.75) is 57.8 Å². The van der Waals surface area contributed by atoms with E-state index in [2.05, 4.69) is 23.4 Å². The highest BCUT2D eigenvalue weighted by Crippen LogP contribution is 2.45. The van der Waals surface area contributed by atoms with E-state index in [0.717, 1.165) is 48.3 Å². The number of aryl methyl sites for hydroxylation is 1. The van der Waals surface area contributed by atoms with Gasteiger partial charge in [-0.3, -0.25) is 9.78 Å². The fourth-order valence-corrected chi connectivity index (χ4v) is 5.59. The number of aromatic amines is 1. The second-order valence-corrected chi connectivity index (χ2v) is 9.70. The first-order chi connectivity index (χ1) is 16.8. The van der Waals surface area contributed by atoms with E-state index in [1.807, 2.05) is 31.0 Å². The number of fused-ring (bicyclic) bond motifs is 1. The smallest absolute Gasteiger partial charge is 0.257 e. The highest BCUT2D eigenvalue weighted by molar-refractivity contribution is 5.53. The van der Waals surface area contributed by atoms with Gasteiger partial charge in [-0.1, -0.05) is 25.5 Å². The summed E-state index contributed by atoms with van der Waals surface area (Å²) in [5.74, 6) is 1.40. The Morgan fingerprint density at radius 2 is 2.09 bits per heavy atom. The lowest BCUT2D eigenvalue weighted by Crippen LogP contribution is -2.45. The first kappa shape index (κ1) is 24.8. The van der Waals surface area contributed by atoms with Gasteiger partial charge in [-0.15, -0.1) is 0 Å². The van der Waals surface area contributed by atoms with Crippen molar-refractivity contribution in [2.24, 2.45) is 0 Å². The Kier molecular flexibility index (Phi) is 7.15. The normalized spacial score (nSPS) is 17.0. The molecule has 0 aliphatic carbocycles. The van der Waals surface area contributed by atoms with Crippen molar-refractivity contribution >= 4 is 11.8 Å². The van der Waals surface area contributed by atoms with Crippen LogP contribution in [0.3, 0.4) is 0 Å². The molecule has 2 aliphatic heterocycles. The number of halogens is 1. The molecule has 0 saturated carbocycles. The van der Waals surface area contributed by atoms with E-state index in [-0.39, 0.29) is 18.0 Å². The predicted octanol–water partition coefficient (Wildman–Crippen LogP) is 4.26. The molecule has 8 heteroatoms. The van der Waals surface area contributed by atoms with Gasteiger partial charge in [0.1, 0.15) is 23.5 Å². The Morgan fingerprint density at radius 1 is 1.34 bits per heavy atom. The summed E-state index contributed by atoms with van der Waals surface area (Å²) in [5, 5.41) is 8.84. The first-order valence-corrected chi connectivity index (χ1v) is 12.4. The van der Waals surface area contributed by atoms with Gasteiger partial charge in [-0.25, -0.2) is 4.39 Å². The van der Waals surface area contributed by atoms with E-state index in [4.69, 9.17) is 15.0 Å². The van der Waals surface area contributed by atoms with Crippen LogP contribution in [0.25, 0.3) is 0 Å². The molecule has 2 aromatic rings. The van der Waals surface area contributed by atoms with Crippen molar-refractivity contribution in [3.63, 3.8) is 0 Å². The average Bonchev–Trinajstić information content (AvgIpc) is 2.83. The molecule has 186 valence electrons. The zero-order chi connectivity index (χ0) is 25.2. The van der Waals surface area contributed by atoms with Gasteiger partial charge < -0.3 is 14.5 Å². The third-order valence-corrected chi connectivity index (χ3v) is 7.44. The van der Waals surface area contributed by atoms with Gasteiger partial charge in [0.05, 0.1) is 5.56 Å². The van der Waals surface area contributed by atoms with Crippen molar-refractivity contribution in [3.05, 3.63) is 57.1 Å². The number of anilines is 2. The molecule has 1 saturated heterocycles. The molecule has 35 heavy (non-hydrogen) atoms. The second-order valence-electron chi connectivity index (χ2n) is 9.70. The van der Waals surface area contributed by atoms with Crippen LogP contribution in [0, 0.1) is 17.1 Å². The van der Waals surface area contributed by atoms with Crippen LogP contribution in [0.5, 0.6) is 5.75 Å². The molecule has 0 bridgehead atoms. The quantitative estimate of drug-likeness (QED) is 0.598. The molecule has 0 unspecified atom stereocenters. The number of nitrogens with one attached hydrogen (secondary N) is 1. The second kappa shape index (κ2) is 10.1.